The molecule has 0 aliphatic carbocycles. The molecule has 0 atom stereocenters. The minimum absolute atomic E-state index is 0.239. The average Bonchev–Trinajstić information content (AvgIpc) is 2.41. The number of hydrogen-bond acceptors (Lipinski definition) is 5. The number of ether oxygens (including phenoxy) is 1. The van der Waals surface area contributed by atoms with Crippen LogP contribution in [0.3, 0.4) is 0 Å². The molecular formula is C11H17ClN4O2. The molecule has 100 valence electrons. The van der Waals surface area contributed by atoms with Gasteiger partial charge in [-0.1, -0.05) is 11.6 Å². The highest BCUT2D eigenvalue weighted by molar-refractivity contribution is 6.33. The van der Waals surface area contributed by atoms with Gasteiger partial charge in [-0.25, -0.2) is 4.68 Å². The summed E-state index contributed by atoms with van der Waals surface area (Å²) >= 11 is 6.13. The van der Waals surface area contributed by atoms with Crippen LogP contribution in [0.15, 0.2) is 11.0 Å². The highest BCUT2D eigenvalue weighted by Crippen LogP contribution is 2.20. The Morgan fingerprint density at radius 1 is 1.50 bits per heavy atom. The molecule has 6 nitrogen and oxygen atoms in total. The maximum atomic E-state index is 12.0. The van der Waals surface area contributed by atoms with Gasteiger partial charge in [0.15, 0.2) is 0 Å². The number of nitrogens with one attached hydrogen (secondary N) is 1. The molecule has 7 heteroatoms. The smallest absolute Gasteiger partial charge is 0.287 e. The van der Waals surface area contributed by atoms with Crippen molar-refractivity contribution in [3.05, 3.63) is 21.6 Å². The molecule has 2 heterocycles. The molecule has 1 N–H and O–H groups in total. The molecule has 1 aromatic rings. The lowest BCUT2D eigenvalue weighted by Gasteiger charge is -2.29. The summed E-state index contributed by atoms with van der Waals surface area (Å²) in [4.78, 5) is 14.1. The number of rotatable bonds is 4. The number of piperazine rings is 1. The van der Waals surface area contributed by atoms with Gasteiger partial charge in [0.25, 0.3) is 5.56 Å². The van der Waals surface area contributed by atoms with Crippen molar-refractivity contribution >= 4 is 17.3 Å². The van der Waals surface area contributed by atoms with E-state index >= 15 is 0 Å². The lowest BCUT2D eigenvalue weighted by atomic mass is 10.3. The molecule has 0 bridgehead atoms. The molecule has 0 unspecified atom stereocenters. The fraction of sp³-hybridized carbons (Fsp3) is 0.636. The van der Waals surface area contributed by atoms with E-state index in [2.05, 4.69) is 15.3 Å². The van der Waals surface area contributed by atoms with E-state index in [4.69, 9.17) is 16.3 Å². The summed E-state index contributed by atoms with van der Waals surface area (Å²) in [6.45, 7) is 4.31. The number of halogens is 1. The maximum Gasteiger partial charge on any atom is 0.287 e. The van der Waals surface area contributed by atoms with Crippen LogP contribution in [-0.4, -0.2) is 49.7 Å². The predicted octanol–water partition coefficient (Wildman–Crippen LogP) is -0.0473. The minimum Gasteiger partial charge on any atom is -0.383 e. The normalized spacial score (nSPS) is 16.0. The van der Waals surface area contributed by atoms with Crippen LogP contribution in [0.1, 0.15) is 0 Å². The van der Waals surface area contributed by atoms with Crippen LogP contribution in [0.4, 0.5) is 5.69 Å². The fourth-order valence-electron chi connectivity index (χ4n) is 1.92. The molecule has 0 aromatic carbocycles. The van der Waals surface area contributed by atoms with Crippen LogP contribution >= 0.6 is 11.6 Å². The topological polar surface area (TPSA) is 59.4 Å². The Morgan fingerprint density at radius 2 is 2.22 bits per heavy atom. The SMILES string of the molecule is COCCn1ncc(N2CCNCC2)c(Cl)c1=O. The monoisotopic (exact) mass is 272 g/mol. The summed E-state index contributed by atoms with van der Waals surface area (Å²) in [7, 11) is 1.59. The second kappa shape index (κ2) is 6.17. The van der Waals surface area contributed by atoms with Crippen LogP contribution in [0, 0.1) is 0 Å². The zero-order valence-electron chi connectivity index (χ0n) is 10.4. The second-order valence-corrected chi connectivity index (χ2v) is 4.48. The largest absolute Gasteiger partial charge is 0.383 e. The van der Waals surface area contributed by atoms with Crippen molar-refractivity contribution in [1.82, 2.24) is 15.1 Å². The van der Waals surface area contributed by atoms with E-state index in [0.717, 1.165) is 31.9 Å². The van der Waals surface area contributed by atoms with Crippen LogP contribution in [0.2, 0.25) is 5.02 Å². The van der Waals surface area contributed by atoms with Crippen LogP contribution in [0.25, 0.3) is 0 Å². The van der Waals surface area contributed by atoms with Gasteiger partial charge in [-0.2, -0.15) is 5.10 Å². The predicted molar refractivity (Wildman–Crippen MR) is 70.5 cm³/mol. The van der Waals surface area contributed by atoms with Crippen molar-refractivity contribution in [1.29, 1.82) is 0 Å². The van der Waals surface area contributed by atoms with E-state index in [1.807, 2.05) is 0 Å². The van der Waals surface area contributed by atoms with Crippen molar-refractivity contribution in [2.45, 2.75) is 6.54 Å². The minimum atomic E-state index is -0.259. The van der Waals surface area contributed by atoms with Gasteiger partial charge in [-0.3, -0.25) is 4.79 Å². The Bertz CT molecular complexity index is 457. The van der Waals surface area contributed by atoms with Gasteiger partial charge in [0.05, 0.1) is 25.0 Å². The van der Waals surface area contributed by atoms with Gasteiger partial charge in [-0.05, 0) is 0 Å². The van der Waals surface area contributed by atoms with Crippen molar-refractivity contribution in [2.24, 2.45) is 0 Å². The third kappa shape index (κ3) is 2.82. The molecule has 1 aromatic heterocycles. The first kappa shape index (κ1) is 13.3. The third-order valence-corrected chi connectivity index (χ3v) is 3.29. The van der Waals surface area contributed by atoms with E-state index in [1.54, 1.807) is 13.3 Å². The van der Waals surface area contributed by atoms with Crippen LogP contribution < -0.4 is 15.8 Å². The van der Waals surface area contributed by atoms with E-state index < -0.39 is 0 Å². The number of methoxy groups -OCH3 is 1. The Balaban J connectivity index is 2.22. The molecule has 0 radical (unpaired) electrons. The van der Waals surface area contributed by atoms with Gasteiger partial charge in [0, 0.05) is 33.3 Å². The quantitative estimate of drug-likeness (QED) is 0.833. The number of nitrogens with zero attached hydrogens (tertiary/aromatic N) is 3. The molecule has 2 rings (SSSR count). The van der Waals surface area contributed by atoms with Crippen LogP contribution in [-0.2, 0) is 11.3 Å². The first-order valence-electron chi connectivity index (χ1n) is 5.94. The Labute approximate surface area is 110 Å². The molecule has 1 saturated heterocycles. The third-order valence-electron chi connectivity index (χ3n) is 2.93. The molecule has 0 amide bonds. The van der Waals surface area contributed by atoms with Gasteiger partial charge in [-0.15, -0.1) is 0 Å². The maximum absolute atomic E-state index is 12.0. The van der Waals surface area contributed by atoms with Crippen molar-refractivity contribution in [3.63, 3.8) is 0 Å². The van der Waals surface area contributed by atoms with E-state index in [0.29, 0.717) is 13.2 Å². The highest BCUT2D eigenvalue weighted by Gasteiger charge is 2.17. The number of aromatic nitrogens is 2. The molecular weight excluding hydrogens is 256 g/mol. The number of hydrogen-bond donors (Lipinski definition) is 1. The average molecular weight is 273 g/mol. The van der Waals surface area contributed by atoms with Crippen molar-refractivity contribution < 1.29 is 4.74 Å². The van der Waals surface area contributed by atoms with Crippen molar-refractivity contribution in [2.75, 3.05) is 44.8 Å². The van der Waals surface area contributed by atoms with Crippen LogP contribution in [0.5, 0.6) is 0 Å². The lowest BCUT2D eigenvalue weighted by molar-refractivity contribution is 0.182. The fourth-order valence-corrected chi connectivity index (χ4v) is 2.19. The van der Waals surface area contributed by atoms with Gasteiger partial charge >= 0.3 is 0 Å². The second-order valence-electron chi connectivity index (χ2n) is 4.10. The standard InChI is InChI=1S/C11H17ClN4O2/c1-18-7-6-16-11(17)10(12)9(8-14-16)15-4-2-13-3-5-15/h8,13H,2-7H2,1H3. The zero-order valence-corrected chi connectivity index (χ0v) is 11.1. The summed E-state index contributed by atoms with van der Waals surface area (Å²) in [5.74, 6) is 0. The first-order valence-corrected chi connectivity index (χ1v) is 6.32. The van der Waals surface area contributed by atoms with E-state index in [9.17, 15) is 4.79 Å². The van der Waals surface area contributed by atoms with Gasteiger partial charge in [0.1, 0.15) is 5.02 Å². The Morgan fingerprint density at radius 3 is 2.89 bits per heavy atom. The summed E-state index contributed by atoms with van der Waals surface area (Å²) < 4.78 is 6.26. The first-order chi connectivity index (χ1) is 8.74. The highest BCUT2D eigenvalue weighted by atomic mass is 35.5. The zero-order chi connectivity index (χ0) is 13.0. The molecule has 0 spiro atoms. The summed E-state index contributed by atoms with van der Waals surface area (Å²) in [6.07, 6.45) is 1.66. The molecule has 1 aliphatic rings. The summed E-state index contributed by atoms with van der Waals surface area (Å²) in [6, 6.07) is 0. The Kier molecular flexibility index (Phi) is 4.57. The molecule has 18 heavy (non-hydrogen) atoms. The summed E-state index contributed by atoms with van der Waals surface area (Å²) in [5, 5.41) is 7.62. The molecule has 0 saturated carbocycles. The Hall–Kier alpha value is -1.11. The lowest BCUT2D eigenvalue weighted by Crippen LogP contribution is -2.44. The van der Waals surface area contributed by atoms with Gasteiger partial charge in [0.2, 0.25) is 0 Å². The summed E-state index contributed by atoms with van der Waals surface area (Å²) in [5.41, 5.74) is 0.460. The number of anilines is 1. The van der Waals surface area contributed by atoms with E-state index in [-0.39, 0.29) is 10.6 Å². The van der Waals surface area contributed by atoms with Gasteiger partial charge < -0.3 is 15.0 Å². The van der Waals surface area contributed by atoms with Crippen molar-refractivity contribution in [3.8, 4) is 0 Å². The molecule has 1 fully saturated rings. The van der Waals surface area contributed by atoms with E-state index in [1.165, 1.54) is 4.68 Å². The molecule has 1 aliphatic heterocycles.